The van der Waals surface area contributed by atoms with Crippen molar-refractivity contribution in [2.75, 3.05) is 26.4 Å². The molecule has 2 unspecified atom stereocenters. The number of esters is 1. The Hall–Kier alpha value is -1.72. The Morgan fingerprint density at radius 3 is 2.18 bits per heavy atom. The van der Waals surface area contributed by atoms with Gasteiger partial charge in [0.05, 0.1) is 25.9 Å². The number of ketones is 1. The standard InChI is InChI=1S/C23H40O10/c1-3-5-7-8-9-10-11-16(26)15-32-21-19(31-12-6-4-2)22(30)33-23(21,18(28)14-25)20(29)17(27)13-24/h16-18,24-28H,3-15H2,1-2H3/t16?,17?,18-,23-/m0/s1. The summed E-state index contributed by atoms with van der Waals surface area (Å²) in [5, 5.41) is 49.5. The van der Waals surface area contributed by atoms with E-state index in [-0.39, 0.29) is 13.2 Å². The minimum Gasteiger partial charge on any atom is -0.486 e. The number of hydrogen-bond donors (Lipinski definition) is 5. The lowest BCUT2D eigenvalue weighted by molar-refractivity contribution is -0.180. The molecule has 0 saturated carbocycles. The molecular formula is C23H40O10. The Morgan fingerprint density at radius 2 is 1.58 bits per heavy atom. The van der Waals surface area contributed by atoms with Crippen molar-refractivity contribution in [3.63, 3.8) is 0 Å². The summed E-state index contributed by atoms with van der Waals surface area (Å²) in [7, 11) is 0. The molecule has 5 N–H and O–H groups in total. The van der Waals surface area contributed by atoms with Gasteiger partial charge in [-0.1, -0.05) is 58.8 Å². The topological polar surface area (TPSA) is 163 Å². The summed E-state index contributed by atoms with van der Waals surface area (Å²) in [5.41, 5.74) is -2.60. The lowest BCUT2D eigenvalue weighted by atomic mass is 9.87. The van der Waals surface area contributed by atoms with Gasteiger partial charge in [0.15, 0.2) is 0 Å². The Bertz CT molecular complexity index is 635. The molecule has 1 rings (SSSR count). The third-order valence-corrected chi connectivity index (χ3v) is 5.52. The van der Waals surface area contributed by atoms with Crippen LogP contribution in [0.2, 0.25) is 0 Å². The second-order valence-corrected chi connectivity index (χ2v) is 8.27. The average molecular weight is 477 g/mol. The van der Waals surface area contributed by atoms with Crippen LogP contribution in [0.5, 0.6) is 0 Å². The highest BCUT2D eigenvalue weighted by Gasteiger charge is 2.62. The summed E-state index contributed by atoms with van der Waals surface area (Å²) < 4.78 is 16.2. The van der Waals surface area contributed by atoms with Crippen molar-refractivity contribution >= 4 is 11.8 Å². The molecule has 0 bridgehead atoms. The molecule has 192 valence electrons. The average Bonchev–Trinajstić information content (AvgIpc) is 3.10. The van der Waals surface area contributed by atoms with Crippen molar-refractivity contribution in [1.82, 2.24) is 0 Å². The van der Waals surface area contributed by atoms with Crippen LogP contribution >= 0.6 is 0 Å². The third kappa shape index (κ3) is 7.92. The van der Waals surface area contributed by atoms with Gasteiger partial charge in [-0.05, 0) is 12.8 Å². The first-order valence-corrected chi connectivity index (χ1v) is 11.8. The number of cyclic esters (lactones) is 1. The maximum atomic E-state index is 12.9. The number of hydrogen-bond acceptors (Lipinski definition) is 10. The molecule has 1 aliphatic rings. The minimum atomic E-state index is -2.60. The van der Waals surface area contributed by atoms with E-state index in [9.17, 15) is 35.1 Å². The van der Waals surface area contributed by atoms with Gasteiger partial charge in [-0.3, -0.25) is 4.79 Å². The molecule has 1 heterocycles. The van der Waals surface area contributed by atoms with Crippen LogP contribution in [-0.4, -0.2) is 87.6 Å². The highest BCUT2D eigenvalue weighted by Crippen LogP contribution is 2.39. The van der Waals surface area contributed by atoms with Gasteiger partial charge in [-0.2, -0.15) is 0 Å². The number of aliphatic hydroxyl groups excluding tert-OH is 5. The van der Waals surface area contributed by atoms with Gasteiger partial charge in [-0.15, -0.1) is 0 Å². The summed E-state index contributed by atoms with van der Waals surface area (Å²) in [6, 6.07) is 0. The third-order valence-electron chi connectivity index (χ3n) is 5.52. The zero-order valence-corrected chi connectivity index (χ0v) is 19.7. The van der Waals surface area contributed by atoms with Crippen LogP contribution in [0.4, 0.5) is 0 Å². The summed E-state index contributed by atoms with van der Waals surface area (Å²) in [4.78, 5) is 25.4. The Balaban J connectivity index is 3.06. The number of unbranched alkanes of at least 4 members (excludes halogenated alkanes) is 6. The zero-order chi connectivity index (χ0) is 24.9. The van der Waals surface area contributed by atoms with Crippen molar-refractivity contribution in [3.8, 4) is 0 Å². The van der Waals surface area contributed by atoms with Crippen LogP contribution in [0, 0.1) is 0 Å². The van der Waals surface area contributed by atoms with E-state index in [1.165, 1.54) is 0 Å². The van der Waals surface area contributed by atoms with Gasteiger partial charge in [0.2, 0.25) is 17.3 Å². The van der Waals surface area contributed by atoms with Gasteiger partial charge >= 0.3 is 5.97 Å². The molecule has 10 nitrogen and oxygen atoms in total. The highest BCUT2D eigenvalue weighted by atomic mass is 16.6. The van der Waals surface area contributed by atoms with Crippen LogP contribution in [-0.2, 0) is 23.8 Å². The smallest absolute Gasteiger partial charge is 0.378 e. The largest absolute Gasteiger partial charge is 0.486 e. The predicted octanol–water partition coefficient (Wildman–Crippen LogP) is 0.714. The van der Waals surface area contributed by atoms with E-state index in [1.54, 1.807) is 0 Å². The molecule has 0 aromatic heterocycles. The number of Topliss-reactive ketones (excluding diaryl/α,β-unsaturated/α-hetero) is 1. The molecular weight excluding hydrogens is 436 g/mol. The Labute approximate surface area is 195 Å². The van der Waals surface area contributed by atoms with E-state index in [1.807, 2.05) is 6.92 Å². The first kappa shape index (κ1) is 29.3. The fraction of sp³-hybridized carbons (Fsp3) is 0.826. The predicted molar refractivity (Wildman–Crippen MR) is 118 cm³/mol. The van der Waals surface area contributed by atoms with Crippen LogP contribution in [0.15, 0.2) is 11.5 Å². The van der Waals surface area contributed by atoms with Crippen LogP contribution in [0.1, 0.15) is 71.6 Å². The number of carbonyl (C=O) groups excluding carboxylic acids is 2. The van der Waals surface area contributed by atoms with Gasteiger partial charge in [-0.25, -0.2) is 4.79 Å². The highest BCUT2D eigenvalue weighted by molar-refractivity contribution is 6.03. The summed E-state index contributed by atoms with van der Waals surface area (Å²) in [5.74, 6) is -3.38. The molecule has 0 aromatic carbocycles. The van der Waals surface area contributed by atoms with Crippen LogP contribution in [0.25, 0.3) is 0 Å². The van der Waals surface area contributed by atoms with E-state index in [0.717, 1.165) is 44.9 Å². The Morgan fingerprint density at radius 1 is 0.939 bits per heavy atom. The SMILES string of the molecule is CCCCCCCCC(O)COC1=C(OCCCC)C(=O)O[C@]1(C(=O)C(O)CO)[C@@H](O)CO. The lowest BCUT2D eigenvalue weighted by Crippen LogP contribution is -2.58. The number of ether oxygens (including phenoxy) is 3. The monoisotopic (exact) mass is 476 g/mol. The minimum absolute atomic E-state index is 0.0934. The second-order valence-electron chi connectivity index (χ2n) is 8.27. The molecule has 33 heavy (non-hydrogen) atoms. The summed E-state index contributed by atoms with van der Waals surface area (Å²) in [6.07, 6.45) is 3.01. The maximum absolute atomic E-state index is 12.9. The van der Waals surface area contributed by atoms with Crippen molar-refractivity contribution in [3.05, 3.63) is 11.5 Å². The van der Waals surface area contributed by atoms with E-state index in [2.05, 4.69) is 6.92 Å². The zero-order valence-electron chi connectivity index (χ0n) is 19.7. The normalized spacial score (nSPS) is 21.0. The second kappa shape index (κ2) is 15.2. The molecule has 0 saturated heterocycles. The van der Waals surface area contributed by atoms with E-state index < -0.39 is 60.4 Å². The maximum Gasteiger partial charge on any atom is 0.378 e. The molecule has 0 aromatic rings. The fourth-order valence-corrected chi connectivity index (χ4v) is 3.54. The van der Waals surface area contributed by atoms with E-state index in [4.69, 9.17) is 14.2 Å². The van der Waals surface area contributed by atoms with Gasteiger partial charge in [0, 0.05) is 0 Å². The lowest BCUT2D eigenvalue weighted by Gasteiger charge is -2.33. The first-order chi connectivity index (χ1) is 15.8. The molecule has 0 aliphatic carbocycles. The van der Waals surface area contributed by atoms with Crippen molar-refractivity contribution in [2.45, 2.75) is 95.5 Å². The fourth-order valence-electron chi connectivity index (χ4n) is 3.54. The first-order valence-electron chi connectivity index (χ1n) is 11.8. The van der Waals surface area contributed by atoms with Crippen molar-refractivity contribution < 1.29 is 49.3 Å². The van der Waals surface area contributed by atoms with Crippen LogP contribution in [0.3, 0.4) is 0 Å². The number of aliphatic hydroxyl groups is 5. The molecule has 0 radical (unpaired) electrons. The summed E-state index contributed by atoms with van der Waals surface area (Å²) in [6.45, 7) is 1.79. The van der Waals surface area contributed by atoms with Crippen molar-refractivity contribution in [1.29, 1.82) is 0 Å². The number of carbonyl (C=O) groups is 2. The Kier molecular flexibility index (Phi) is 13.5. The number of rotatable bonds is 19. The molecule has 0 amide bonds. The van der Waals surface area contributed by atoms with E-state index in [0.29, 0.717) is 12.8 Å². The van der Waals surface area contributed by atoms with Gasteiger partial charge in [0.1, 0.15) is 18.8 Å². The quantitative estimate of drug-likeness (QED) is 0.133. The van der Waals surface area contributed by atoms with Crippen LogP contribution < -0.4 is 0 Å². The van der Waals surface area contributed by atoms with E-state index >= 15 is 0 Å². The van der Waals surface area contributed by atoms with Crippen molar-refractivity contribution in [2.24, 2.45) is 0 Å². The summed E-state index contributed by atoms with van der Waals surface area (Å²) >= 11 is 0. The molecule has 0 fully saturated rings. The molecule has 1 aliphatic heterocycles. The molecule has 0 spiro atoms. The van der Waals surface area contributed by atoms with Gasteiger partial charge in [0.25, 0.3) is 5.60 Å². The molecule has 10 heteroatoms. The molecule has 4 atom stereocenters. The van der Waals surface area contributed by atoms with Gasteiger partial charge < -0.3 is 39.7 Å².